The first-order valence-electron chi connectivity index (χ1n) is 7.23. The van der Waals surface area contributed by atoms with E-state index in [1.54, 1.807) is 23.9 Å². The van der Waals surface area contributed by atoms with E-state index in [4.69, 9.17) is 0 Å². The monoisotopic (exact) mass is 338 g/mol. The zero-order valence-electron chi connectivity index (χ0n) is 14.0. The zero-order chi connectivity index (χ0) is 17.2. The average molecular weight is 338 g/mol. The van der Waals surface area contributed by atoms with Crippen LogP contribution in [0.2, 0.25) is 0 Å². The Morgan fingerprint density at radius 2 is 2.00 bits per heavy atom. The molecule has 0 aliphatic carbocycles. The van der Waals surface area contributed by atoms with E-state index in [9.17, 15) is 8.42 Å². The maximum absolute atomic E-state index is 12.4. The predicted octanol–water partition coefficient (Wildman–Crippen LogP) is 0.878. The van der Waals surface area contributed by atoms with Gasteiger partial charge in [-0.1, -0.05) is 13.8 Å². The first kappa shape index (κ1) is 17.4. The van der Waals surface area contributed by atoms with E-state index in [0.29, 0.717) is 11.6 Å². The summed E-state index contributed by atoms with van der Waals surface area (Å²) in [5.41, 5.74) is 0. The van der Waals surface area contributed by atoms with Gasteiger partial charge in [0.2, 0.25) is 0 Å². The fourth-order valence-electron chi connectivity index (χ4n) is 2.07. The molecule has 126 valence electrons. The fourth-order valence-corrected chi connectivity index (χ4v) is 3.05. The van der Waals surface area contributed by atoms with Crippen LogP contribution in [-0.2, 0) is 23.6 Å². The first-order valence-corrected chi connectivity index (χ1v) is 8.71. The van der Waals surface area contributed by atoms with Crippen LogP contribution in [0.5, 0.6) is 0 Å². The van der Waals surface area contributed by atoms with E-state index in [2.05, 4.69) is 19.7 Å². The molecule has 0 spiro atoms. The lowest BCUT2D eigenvalue weighted by Gasteiger charge is -2.11. The molecule has 2 rings (SSSR count). The van der Waals surface area contributed by atoms with Gasteiger partial charge in [0.25, 0.3) is 10.0 Å². The Bertz CT molecular complexity index is 782. The summed E-state index contributed by atoms with van der Waals surface area (Å²) in [4.78, 5) is 14.4. The second-order valence-corrected chi connectivity index (χ2v) is 7.47. The summed E-state index contributed by atoms with van der Waals surface area (Å²) in [5.74, 6) is 1.98. The molecule has 0 aliphatic rings. The highest BCUT2D eigenvalue weighted by molar-refractivity contribution is 7.89. The van der Waals surface area contributed by atoms with Gasteiger partial charge < -0.3 is 9.47 Å². The Balaban J connectivity index is 2.16. The van der Waals surface area contributed by atoms with Crippen LogP contribution >= 0.6 is 0 Å². The summed E-state index contributed by atoms with van der Waals surface area (Å²) in [6.45, 7) is 3.94. The van der Waals surface area contributed by atoms with Crippen LogP contribution in [0.4, 0.5) is 5.82 Å². The van der Waals surface area contributed by atoms with E-state index >= 15 is 0 Å². The largest absolute Gasteiger partial charge is 0.363 e. The van der Waals surface area contributed by atoms with Gasteiger partial charge in [0, 0.05) is 39.5 Å². The number of nitrogens with zero attached hydrogens (tertiary/aromatic N) is 5. The Kier molecular flexibility index (Phi) is 5.00. The van der Waals surface area contributed by atoms with E-state index in [0.717, 1.165) is 5.82 Å². The van der Waals surface area contributed by atoms with Crippen molar-refractivity contribution in [2.75, 3.05) is 19.0 Å². The lowest BCUT2D eigenvalue weighted by Crippen LogP contribution is -2.25. The second kappa shape index (κ2) is 6.63. The van der Waals surface area contributed by atoms with Crippen molar-refractivity contribution in [2.45, 2.75) is 31.3 Å². The summed E-state index contributed by atoms with van der Waals surface area (Å²) in [6.07, 6.45) is 3.11. The van der Waals surface area contributed by atoms with Crippen molar-refractivity contribution in [1.82, 2.24) is 24.2 Å². The maximum atomic E-state index is 12.4. The quantitative estimate of drug-likeness (QED) is 0.840. The molecular weight excluding hydrogens is 316 g/mol. The highest BCUT2D eigenvalue weighted by atomic mass is 32.2. The van der Waals surface area contributed by atoms with E-state index in [-0.39, 0.29) is 17.5 Å². The first-order chi connectivity index (χ1) is 10.7. The van der Waals surface area contributed by atoms with Gasteiger partial charge in [-0.15, -0.1) is 0 Å². The third-order valence-corrected chi connectivity index (χ3v) is 4.52. The number of aromatic nitrogens is 4. The lowest BCUT2D eigenvalue weighted by molar-refractivity contribution is 0.575. The molecule has 0 aromatic carbocycles. The normalized spacial score (nSPS) is 11.9. The third-order valence-electron chi connectivity index (χ3n) is 3.25. The summed E-state index contributed by atoms with van der Waals surface area (Å²) < 4.78 is 28.9. The predicted molar refractivity (Wildman–Crippen MR) is 87.7 cm³/mol. The number of rotatable bonds is 6. The zero-order valence-corrected chi connectivity index (χ0v) is 14.8. The van der Waals surface area contributed by atoms with Crippen molar-refractivity contribution in [3.05, 3.63) is 30.1 Å². The molecule has 2 heterocycles. The average Bonchev–Trinajstić information content (AvgIpc) is 2.88. The SMILES string of the molecule is CC(C)c1nc(S(=O)(=O)NCc2nccc(N(C)C)n2)cn1C. The molecule has 2 aromatic heterocycles. The van der Waals surface area contributed by atoms with Crippen molar-refractivity contribution in [3.63, 3.8) is 0 Å². The molecule has 0 saturated heterocycles. The van der Waals surface area contributed by atoms with Crippen LogP contribution in [0.15, 0.2) is 23.5 Å². The van der Waals surface area contributed by atoms with Crippen LogP contribution in [-0.4, -0.2) is 42.0 Å². The highest BCUT2D eigenvalue weighted by Crippen LogP contribution is 2.16. The van der Waals surface area contributed by atoms with Gasteiger partial charge in [0.05, 0.1) is 6.54 Å². The number of imidazole rings is 1. The van der Waals surface area contributed by atoms with Crippen molar-refractivity contribution >= 4 is 15.8 Å². The van der Waals surface area contributed by atoms with Gasteiger partial charge in [0.15, 0.2) is 5.03 Å². The standard InChI is InChI=1S/C14H22N6O2S/c1-10(2)14-18-13(9-20(14)5)23(21,22)16-8-11-15-7-6-12(17-11)19(3)4/h6-7,9-10,16H,8H2,1-5H3. The highest BCUT2D eigenvalue weighted by Gasteiger charge is 2.20. The molecule has 2 aromatic rings. The van der Waals surface area contributed by atoms with Crippen LogP contribution in [0.25, 0.3) is 0 Å². The Morgan fingerprint density at radius 1 is 1.30 bits per heavy atom. The summed E-state index contributed by atoms with van der Waals surface area (Å²) in [5, 5.41) is 0.00691. The molecule has 0 bridgehead atoms. The van der Waals surface area contributed by atoms with Crippen molar-refractivity contribution in [1.29, 1.82) is 0 Å². The van der Waals surface area contributed by atoms with Crippen LogP contribution in [0.1, 0.15) is 31.4 Å². The Labute approximate surface area is 136 Å². The number of hydrogen-bond donors (Lipinski definition) is 1. The van der Waals surface area contributed by atoms with Crippen molar-refractivity contribution < 1.29 is 8.42 Å². The third kappa shape index (κ3) is 4.05. The topological polar surface area (TPSA) is 93.0 Å². The summed E-state index contributed by atoms with van der Waals surface area (Å²) in [6, 6.07) is 1.76. The molecule has 0 atom stereocenters. The number of anilines is 1. The molecular formula is C14H22N6O2S. The Morgan fingerprint density at radius 3 is 2.57 bits per heavy atom. The minimum atomic E-state index is -3.70. The van der Waals surface area contributed by atoms with Crippen LogP contribution in [0.3, 0.4) is 0 Å². The molecule has 9 heteroatoms. The summed E-state index contributed by atoms with van der Waals surface area (Å²) >= 11 is 0. The van der Waals surface area contributed by atoms with Crippen molar-refractivity contribution in [3.8, 4) is 0 Å². The Hall–Kier alpha value is -2.00. The van der Waals surface area contributed by atoms with Gasteiger partial charge in [0.1, 0.15) is 17.5 Å². The van der Waals surface area contributed by atoms with Gasteiger partial charge in [-0.3, -0.25) is 0 Å². The van der Waals surface area contributed by atoms with Gasteiger partial charge >= 0.3 is 0 Å². The molecule has 8 nitrogen and oxygen atoms in total. The summed E-state index contributed by atoms with van der Waals surface area (Å²) in [7, 11) is 1.80. The molecule has 0 aliphatic heterocycles. The smallest absolute Gasteiger partial charge is 0.260 e. The fraction of sp³-hybridized carbons (Fsp3) is 0.500. The minimum absolute atomic E-state index is 0.00691. The molecule has 1 N–H and O–H groups in total. The van der Waals surface area contributed by atoms with Gasteiger partial charge in [-0.2, -0.15) is 0 Å². The van der Waals surface area contributed by atoms with E-state index < -0.39 is 10.0 Å². The lowest BCUT2D eigenvalue weighted by atomic mass is 10.2. The molecule has 0 unspecified atom stereocenters. The molecule has 0 fully saturated rings. The van der Waals surface area contributed by atoms with E-state index in [1.807, 2.05) is 32.8 Å². The van der Waals surface area contributed by atoms with Crippen LogP contribution in [0, 0.1) is 0 Å². The molecule has 0 radical (unpaired) electrons. The second-order valence-electron chi connectivity index (χ2n) is 5.75. The van der Waals surface area contributed by atoms with E-state index in [1.165, 1.54) is 6.20 Å². The van der Waals surface area contributed by atoms with Crippen LogP contribution < -0.4 is 9.62 Å². The number of sulfonamides is 1. The molecule has 0 saturated carbocycles. The minimum Gasteiger partial charge on any atom is -0.363 e. The number of aryl methyl sites for hydroxylation is 1. The number of nitrogens with one attached hydrogen (secondary N) is 1. The molecule has 23 heavy (non-hydrogen) atoms. The van der Waals surface area contributed by atoms with Gasteiger partial charge in [-0.25, -0.2) is 28.1 Å². The van der Waals surface area contributed by atoms with Gasteiger partial charge in [-0.05, 0) is 6.07 Å². The van der Waals surface area contributed by atoms with Crippen molar-refractivity contribution in [2.24, 2.45) is 7.05 Å². The maximum Gasteiger partial charge on any atom is 0.260 e. The molecule has 0 amide bonds. The number of hydrogen-bond acceptors (Lipinski definition) is 6.